The van der Waals surface area contributed by atoms with Crippen LogP contribution in [0.2, 0.25) is 0 Å². The number of nitrogens with one attached hydrogen (secondary N) is 1. The van der Waals surface area contributed by atoms with Gasteiger partial charge in [-0.1, -0.05) is 36.4 Å². The molecule has 0 saturated heterocycles. The number of amides is 1. The van der Waals surface area contributed by atoms with Crippen molar-refractivity contribution < 1.29 is 14.1 Å². The highest BCUT2D eigenvalue weighted by molar-refractivity contribution is 5.92. The number of nitrogens with zero attached hydrogens (tertiary/aromatic N) is 2. The smallest absolute Gasteiger partial charge is 0.274 e. The summed E-state index contributed by atoms with van der Waals surface area (Å²) in [6.07, 6.45) is 1.89. The van der Waals surface area contributed by atoms with Crippen LogP contribution in [0.5, 0.6) is 0 Å². The van der Waals surface area contributed by atoms with Gasteiger partial charge in [0.2, 0.25) is 5.91 Å². The summed E-state index contributed by atoms with van der Waals surface area (Å²) >= 11 is 0. The lowest BCUT2D eigenvalue weighted by atomic mass is 10.1. The Labute approximate surface area is 169 Å². The van der Waals surface area contributed by atoms with Crippen LogP contribution in [0.3, 0.4) is 0 Å². The van der Waals surface area contributed by atoms with Crippen molar-refractivity contribution in [2.45, 2.75) is 26.4 Å². The fourth-order valence-electron chi connectivity index (χ4n) is 3.11. The summed E-state index contributed by atoms with van der Waals surface area (Å²) in [5.74, 6) is 0.641. The molecular weight excluding hydrogens is 370 g/mol. The normalized spacial score (nSPS) is 10.8. The zero-order valence-electron chi connectivity index (χ0n) is 16.2. The van der Waals surface area contributed by atoms with E-state index in [1.807, 2.05) is 42.5 Å². The molecule has 29 heavy (non-hydrogen) atoms. The van der Waals surface area contributed by atoms with Crippen molar-refractivity contribution in [1.29, 1.82) is 0 Å². The number of carbonyl (C=O) groups is 1. The van der Waals surface area contributed by atoms with E-state index in [0.29, 0.717) is 30.9 Å². The van der Waals surface area contributed by atoms with E-state index in [1.54, 1.807) is 25.3 Å². The van der Waals surface area contributed by atoms with Gasteiger partial charge >= 0.3 is 0 Å². The Balaban J connectivity index is 1.63. The van der Waals surface area contributed by atoms with Crippen LogP contribution in [0.4, 0.5) is 11.4 Å². The fraction of sp³-hybridized carbons (Fsp3) is 0.227. The molecule has 3 aromatic rings. The fourth-order valence-corrected chi connectivity index (χ4v) is 3.11. The van der Waals surface area contributed by atoms with Crippen molar-refractivity contribution in [1.82, 2.24) is 4.90 Å². The van der Waals surface area contributed by atoms with E-state index >= 15 is 0 Å². The van der Waals surface area contributed by atoms with E-state index in [4.69, 9.17) is 4.42 Å². The summed E-state index contributed by atoms with van der Waals surface area (Å²) < 4.78 is 5.45. The molecule has 0 atom stereocenters. The van der Waals surface area contributed by atoms with E-state index < -0.39 is 4.92 Å². The first-order valence-corrected chi connectivity index (χ1v) is 9.35. The number of anilines is 1. The molecule has 3 rings (SSSR count). The SMILES string of the molecule is Cc1c(NC(=O)CCN(Cc2ccccc2)Cc2ccco2)cccc1[N+](=O)[O-]. The third kappa shape index (κ3) is 5.76. The van der Waals surface area contributed by atoms with Gasteiger partial charge in [-0.05, 0) is 30.7 Å². The van der Waals surface area contributed by atoms with E-state index in [1.165, 1.54) is 6.07 Å². The lowest BCUT2D eigenvalue weighted by Gasteiger charge is -2.21. The van der Waals surface area contributed by atoms with E-state index in [-0.39, 0.29) is 18.0 Å². The highest BCUT2D eigenvalue weighted by Crippen LogP contribution is 2.25. The van der Waals surface area contributed by atoms with Gasteiger partial charge in [0.25, 0.3) is 5.69 Å². The predicted molar refractivity (Wildman–Crippen MR) is 110 cm³/mol. The van der Waals surface area contributed by atoms with Gasteiger partial charge in [0.1, 0.15) is 5.76 Å². The number of furan rings is 1. The second-order valence-electron chi connectivity index (χ2n) is 6.78. The second-order valence-corrected chi connectivity index (χ2v) is 6.78. The maximum absolute atomic E-state index is 12.5. The molecule has 0 unspecified atom stereocenters. The molecule has 1 heterocycles. The molecule has 150 valence electrons. The van der Waals surface area contributed by atoms with Crippen molar-refractivity contribution in [3.8, 4) is 0 Å². The van der Waals surface area contributed by atoms with Gasteiger partial charge in [-0.3, -0.25) is 19.8 Å². The molecular formula is C22H23N3O4. The van der Waals surface area contributed by atoms with Crippen molar-refractivity contribution in [2.24, 2.45) is 0 Å². The summed E-state index contributed by atoms with van der Waals surface area (Å²) in [5.41, 5.74) is 2.05. The third-order valence-corrected chi connectivity index (χ3v) is 4.64. The van der Waals surface area contributed by atoms with Crippen LogP contribution >= 0.6 is 0 Å². The Morgan fingerprint density at radius 2 is 1.86 bits per heavy atom. The van der Waals surface area contributed by atoms with Gasteiger partial charge in [-0.2, -0.15) is 0 Å². The van der Waals surface area contributed by atoms with Gasteiger partial charge in [-0.25, -0.2) is 0 Å². The van der Waals surface area contributed by atoms with Crippen molar-refractivity contribution in [3.05, 3.63) is 93.9 Å². The van der Waals surface area contributed by atoms with Crippen LogP contribution in [0.15, 0.2) is 71.3 Å². The number of rotatable bonds is 9. The van der Waals surface area contributed by atoms with Crippen LogP contribution in [0.25, 0.3) is 0 Å². The molecule has 0 fully saturated rings. The molecule has 7 heteroatoms. The Hall–Kier alpha value is -3.45. The minimum Gasteiger partial charge on any atom is -0.468 e. The zero-order chi connectivity index (χ0) is 20.6. The summed E-state index contributed by atoms with van der Waals surface area (Å²) in [4.78, 5) is 25.2. The average molecular weight is 393 g/mol. The number of nitro benzene ring substituents is 1. The van der Waals surface area contributed by atoms with Gasteiger partial charge in [0.05, 0.1) is 29.0 Å². The Morgan fingerprint density at radius 1 is 1.07 bits per heavy atom. The molecule has 2 aromatic carbocycles. The first-order valence-electron chi connectivity index (χ1n) is 9.35. The Bertz CT molecular complexity index is 955. The lowest BCUT2D eigenvalue weighted by molar-refractivity contribution is -0.385. The van der Waals surface area contributed by atoms with Gasteiger partial charge in [0.15, 0.2) is 0 Å². The van der Waals surface area contributed by atoms with E-state index in [9.17, 15) is 14.9 Å². The maximum atomic E-state index is 12.5. The maximum Gasteiger partial charge on any atom is 0.274 e. The van der Waals surface area contributed by atoms with Gasteiger partial charge < -0.3 is 9.73 Å². The van der Waals surface area contributed by atoms with Crippen LogP contribution in [-0.2, 0) is 17.9 Å². The summed E-state index contributed by atoms with van der Waals surface area (Å²) in [6, 6.07) is 18.4. The lowest BCUT2D eigenvalue weighted by Crippen LogP contribution is -2.27. The first kappa shape index (κ1) is 20.3. The highest BCUT2D eigenvalue weighted by atomic mass is 16.6. The van der Waals surface area contributed by atoms with Crippen LogP contribution in [-0.4, -0.2) is 22.3 Å². The number of nitro groups is 1. The molecule has 0 spiro atoms. The minimum atomic E-state index is -0.448. The third-order valence-electron chi connectivity index (χ3n) is 4.64. The predicted octanol–water partition coefficient (Wildman–Crippen LogP) is 4.53. The highest BCUT2D eigenvalue weighted by Gasteiger charge is 2.16. The molecule has 1 N–H and O–H groups in total. The quantitative estimate of drug-likeness (QED) is 0.426. The van der Waals surface area contributed by atoms with Crippen LogP contribution in [0.1, 0.15) is 23.3 Å². The van der Waals surface area contributed by atoms with Gasteiger partial charge in [-0.15, -0.1) is 0 Å². The molecule has 1 amide bonds. The number of benzene rings is 2. The van der Waals surface area contributed by atoms with E-state index in [0.717, 1.165) is 11.3 Å². The second kappa shape index (κ2) is 9.66. The monoisotopic (exact) mass is 393 g/mol. The molecule has 0 aliphatic heterocycles. The zero-order valence-corrected chi connectivity index (χ0v) is 16.2. The number of carbonyl (C=O) groups excluding carboxylic acids is 1. The van der Waals surface area contributed by atoms with Gasteiger partial charge in [0, 0.05) is 25.6 Å². The average Bonchev–Trinajstić information content (AvgIpc) is 3.21. The Morgan fingerprint density at radius 3 is 2.55 bits per heavy atom. The first-order chi connectivity index (χ1) is 14.0. The van der Waals surface area contributed by atoms with E-state index in [2.05, 4.69) is 10.2 Å². The van der Waals surface area contributed by atoms with Crippen LogP contribution in [0, 0.1) is 17.0 Å². The summed E-state index contributed by atoms with van der Waals surface area (Å²) in [6.45, 7) is 3.43. The largest absolute Gasteiger partial charge is 0.468 e. The molecule has 0 aliphatic rings. The molecule has 0 radical (unpaired) electrons. The minimum absolute atomic E-state index is 0.00803. The molecule has 0 bridgehead atoms. The van der Waals surface area contributed by atoms with Crippen molar-refractivity contribution in [2.75, 3.05) is 11.9 Å². The molecule has 7 nitrogen and oxygen atoms in total. The van der Waals surface area contributed by atoms with Crippen LogP contribution < -0.4 is 5.32 Å². The topological polar surface area (TPSA) is 88.6 Å². The standard InChI is InChI=1S/C22H23N3O4/c1-17-20(10-5-11-21(17)25(27)28)23-22(26)12-13-24(16-19-9-6-14-29-19)15-18-7-3-2-4-8-18/h2-11,14H,12-13,15-16H2,1H3,(H,23,26). The number of hydrogen-bond donors (Lipinski definition) is 1. The van der Waals surface area contributed by atoms with Crippen molar-refractivity contribution >= 4 is 17.3 Å². The summed E-state index contributed by atoms with van der Waals surface area (Å²) in [7, 11) is 0. The Kier molecular flexibility index (Phi) is 6.76. The molecule has 0 aliphatic carbocycles. The molecule has 1 aromatic heterocycles. The number of hydrogen-bond acceptors (Lipinski definition) is 5. The molecule has 0 saturated carbocycles. The summed E-state index contributed by atoms with van der Waals surface area (Å²) in [5, 5.41) is 13.9. The van der Waals surface area contributed by atoms with Crippen molar-refractivity contribution in [3.63, 3.8) is 0 Å².